The first-order valence-corrected chi connectivity index (χ1v) is 6.61. The molecule has 4 heteroatoms. The maximum absolute atomic E-state index is 11.8. The van der Waals surface area contributed by atoms with Crippen LogP contribution in [-0.4, -0.2) is 28.6 Å². The monoisotopic (exact) mass is 262 g/mol. The first-order valence-electron chi connectivity index (χ1n) is 6.61. The number of carbonyl (C=O) groups excluding carboxylic acids is 2. The van der Waals surface area contributed by atoms with Crippen LogP contribution >= 0.6 is 0 Å². The minimum atomic E-state index is -1.04. The minimum absolute atomic E-state index is 0.0336. The van der Waals surface area contributed by atoms with Crippen molar-refractivity contribution >= 4 is 11.8 Å². The summed E-state index contributed by atoms with van der Waals surface area (Å²) in [6.07, 6.45) is 2.50. The average Bonchev–Trinajstić information content (AvgIpc) is 2.54. The van der Waals surface area contributed by atoms with Crippen LogP contribution in [0.3, 0.4) is 0 Å². The second-order valence-electron chi connectivity index (χ2n) is 6.38. The fraction of sp³-hybridized carbons (Fsp3) is 0.600. The molecule has 1 heterocycles. The van der Waals surface area contributed by atoms with Gasteiger partial charge in [0.2, 0.25) is 0 Å². The van der Waals surface area contributed by atoms with Crippen molar-refractivity contribution in [2.45, 2.75) is 44.8 Å². The van der Waals surface area contributed by atoms with Crippen LogP contribution in [0.4, 0.5) is 0 Å². The molecule has 0 aromatic carbocycles. The van der Waals surface area contributed by atoms with Crippen molar-refractivity contribution < 1.29 is 19.4 Å². The molecule has 0 spiro atoms. The Bertz CT molecular complexity index is 532. The number of ether oxygens (including phenoxy) is 1. The molecule has 102 valence electrons. The highest BCUT2D eigenvalue weighted by Crippen LogP contribution is 2.57. The molecular formula is C15H18O4. The number of fused-ring (bicyclic) bond motifs is 2. The van der Waals surface area contributed by atoms with Crippen molar-refractivity contribution in [1.82, 2.24) is 0 Å². The van der Waals surface area contributed by atoms with Gasteiger partial charge in [0.25, 0.3) is 0 Å². The summed E-state index contributed by atoms with van der Waals surface area (Å²) in [4.78, 5) is 23.4. The molecule has 0 amide bonds. The maximum atomic E-state index is 11.8. The van der Waals surface area contributed by atoms with E-state index in [9.17, 15) is 14.7 Å². The molecule has 1 aliphatic heterocycles. The fourth-order valence-electron chi connectivity index (χ4n) is 3.94. The summed E-state index contributed by atoms with van der Waals surface area (Å²) in [7, 11) is 0. The summed E-state index contributed by atoms with van der Waals surface area (Å²) in [6.45, 7) is 7.48. The van der Waals surface area contributed by atoms with Crippen molar-refractivity contribution in [1.29, 1.82) is 0 Å². The van der Waals surface area contributed by atoms with E-state index in [0.717, 1.165) is 0 Å². The lowest BCUT2D eigenvalue weighted by Gasteiger charge is -2.53. The molecule has 0 bridgehead atoms. The van der Waals surface area contributed by atoms with Gasteiger partial charge in [0.1, 0.15) is 6.10 Å². The van der Waals surface area contributed by atoms with E-state index in [-0.39, 0.29) is 23.8 Å². The van der Waals surface area contributed by atoms with Crippen LogP contribution in [0, 0.1) is 11.3 Å². The zero-order valence-corrected chi connectivity index (χ0v) is 11.2. The summed E-state index contributed by atoms with van der Waals surface area (Å²) in [6, 6.07) is 0. The van der Waals surface area contributed by atoms with E-state index in [2.05, 4.69) is 6.58 Å². The molecule has 1 saturated heterocycles. The van der Waals surface area contributed by atoms with Crippen LogP contribution in [0.25, 0.3) is 0 Å². The Morgan fingerprint density at radius 1 is 1.42 bits per heavy atom. The normalized spacial score (nSPS) is 45.4. The third kappa shape index (κ3) is 1.49. The van der Waals surface area contributed by atoms with Crippen LogP contribution in [0.5, 0.6) is 0 Å². The lowest BCUT2D eigenvalue weighted by molar-refractivity contribution is -0.156. The molecule has 4 atom stereocenters. The smallest absolute Gasteiger partial charge is 0.334 e. The molecule has 0 aromatic rings. The van der Waals surface area contributed by atoms with Crippen molar-refractivity contribution in [2.75, 3.05) is 0 Å². The standard InChI is InChI=1S/C15H18O4/c1-8-4-10(16)5-14(3)7-12-11(6-15(8,14)18)9(2)13(17)19-12/h4,11-12,18H,2,5-7H2,1,3H3/t11-,12-,14-,15+/m1/s1. The summed E-state index contributed by atoms with van der Waals surface area (Å²) >= 11 is 0. The maximum Gasteiger partial charge on any atom is 0.334 e. The van der Waals surface area contributed by atoms with Gasteiger partial charge in [-0.1, -0.05) is 13.5 Å². The number of allylic oxidation sites excluding steroid dienone is 1. The van der Waals surface area contributed by atoms with Crippen LogP contribution in [0.15, 0.2) is 23.8 Å². The van der Waals surface area contributed by atoms with Crippen molar-refractivity contribution in [3.05, 3.63) is 23.8 Å². The number of carbonyl (C=O) groups is 2. The van der Waals surface area contributed by atoms with E-state index < -0.39 is 11.0 Å². The highest BCUT2D eigenvalue weighted by molar-refractivity contribution is 5.93. The molecule has 1 N–H and O–H groups in total. The van der Waals surface area contributed by atoms with E-state index in [4.69, 9.17) is 4.74 Å². The predicted octanol–water partition coefficient (Wildman–Crippen LogP) is 1.53. The van der Waals surface area contributed by atoms with Gasteiger partial charge in [0.15, 0.2) is 5.78 Å². The molecule has 2 fully saturated rings. The molecule has 4 nitrogen and oxygen atoms in total. The average molecular weight is 262 g/mol. The highest BCUT2D eigenvalue weighted by Gasteiger charge is 2.60. The van der Waals surface area contributed by atoms with Gasteiger partial charge in [0, 0.05) is 23.3 Å². The number of rotatable bonds is 0. The summed E-state index contributed by atoms with van der Waals surface area (Å²) in [5.41, 5.74) is -0.462. The zero-order valence-electron chi connectivity index (χ0n) is 11.2. The predicted molar refractivity (Wildman–Crippen MR) is 68.2 cm³/mol. The Morgan fingerprint density at radius 3 is 2.79 bits per heavy atom. The SMILES string of the molecule is C=C1C(=O)O[C@@H]2C[C@@]3(C)CC(=O)C=C(C)[C@@]3(O)C[C@H]12. The Kier molecular flexibility index (Phi) is 2.37. The summed E-state index contributed by atoms with van der Waals surface area (Å²) in [5, 5.41) is 11.1. The second kappa shape index (κ2) is 3.57. The Morgan fingerprint density at radius 2 is 2.11 bits per heavy atom. The van der Waals surface area contributed by atoms with Gasteiger partial charge in [0.05, 0.1) is 5.60 Å². The van der Waals surface area contributed by atoms with Crippen LogP contribution < -0.4 is 0 Å². The van der Waals surface area contributed by atoms with E-state index in [0.29, 0.717) is 30.4 Å². The molecule has 19 heavy (non-hydrogen) atoms. The van der Waals surface area contributed by atoms with E-state index in [1.807, 2.05) is 6.92 Å². The molecule has 3 rings (SSSR count). The van der Waals surface area contributed by atoms with Crippen LogP contribution in [-0.2, 0) is 14.3 Å². The van der Waals surface area contributed by atoms with Gasteiger partial charge < -0.3 is 9.84 Å². The third-order valence-corrected chi connectivity index (χ3v) is 5.18. The van der Waals surface area contributed by atoms with Crippen molar-refractivity contribution in [3.63, 3.8) is 0 Å². The number of hydrogen-bond donors (Lipinski definition) is 1. The topological polar surface area (TPSA) is 63.6 Å². The number of hydrogen-bond acceptors (Lipinski definition) is 4. The van der Waals surface area contributed by atoms with E-state index >= 15 is 0 Å². The molecule has 0 unspecified atom stereocenters. The number of aliphatic hydroxyl groups is 1. The van der Waals surface area contributed by atoms with Gasteiger partial charge in [-0.3, -0.25) is 4.79 Å². The first kappa shape index (κ1) is 12.6. The van der Waals surface area contributed by atoms with E-state index in [1.165, 1.54) is 6.08 Å². The second-order valence-corrected chi connectivity index (χ2v) is 6.38. The van der Waals surface area contributed by atoms with Gasteiger partial charge in [-0.2, -0.15) is 0 Å². The number of ketones is 1. The number of esters is 1. The minimum Gasteiger partial charge on any atom is -0.458 e. The highest BCUT2D eigenvalue weighted by atomic mass is 16.6. The third-order valence-electron chi connectivity index (χ3n) is 5.18. The van der Waals surface area contributed by atoms with Gasteiger partial charge in [-0.05, 0) is 31.4 Å². The molecule has 2 aliphatic carbocycles. The van der Waals surface area contributed by atoms with Crippen LogP contribution in [0.2, 0.25) is 0 Å². The van der Waals surface area contributed by atoms with Crippen molar-refractivity contribution in [3.8, 4) is 0 Å². The largest absolute Gasteiger partial charge is 0.458 e. The lowest BCUT2D eigenvalue weighted by atomic mass is 9.54. The fourth-order valence-corrected chi connectivity index (χ4v) is 3.94. The summed E-state index contributed by atoms with van der Waals surface area (Å²) in [5.74, 6) is -0.470. The van der Waals surface area contributed by atoms with Gasteiger partial charge in [-0.25, -0.2) is 4.79 Å². The van der Waals surface area contributed by atoms with Crippen LogP contribution in [0.1, 0.15) is 33.1 Å². The Labute approximate surface area is 112 Å². The zero-order chi connectivity index (χ0) is 14.0. The van der Waals surface area contributed by atoms with Crippen molar-refractivity contribution in [2.24, 2.45) is 11.3 Å². The molecule has 0 radical (unpaired) electrons. The van der Waals surface area contributed by atoms with Gasteiger partial charge >= 0.3 is 5.97 Å². The molecular weight excluding hydrogens is 244 g/mol. The lowest BCUT2D eigenvalue weighted by Crippen LogP contribution is -2.57. The quantitative estimate of drug-likeness (QED) is 0.531. The van der Waals surface area contributed by atoms with Gasteiger partial charge in [-0.15, -0.1) is 0 Å². The Hall–Kier alpha value is -1.42. The van der Waals surface area contributed by atoms with E-state index in [1.54, 1.807) is 6.92 Å². The molecule has 1 saturated carbocycles. The first-order chi connectivity index (χ1) is 8.77. The summed E-state index contributed by atoms with van der Waals surface area (Å²) < 4.78 is 5.33. The molecule has 0 aromatic heterocycles. The molecule has 3 aliphatic rings. The Balaban J connectivity index is 2.05.